The molecule has 0 aliphatic heterocycles. The number of Topliss-reactive ketones (excluding diaryl/α,β-unsaturated/α-hetero) is 1. The van der Waals surface area contributed by atoms with Crippen LogP contribution in [0.2, 0.25) is 0 Å². The number of nitrogens with zero attached hydrogens (tertiary/aromatic N) is 2. The Morgan fingerprint density at radius 1 is 1.15 bits per heavy atom. The van der Waals surface area contributed by atoms with E-state index in [9.17, 15) is 4.79 Å². The SMILES string of the molecule is CCOc1ccc(-n2c(C)cc(C(=O)CN(C)C3CCCCC3)c2C)cc1. The van der Waals surface area contributed by atoms with Crippen molar-refractivity contribution in [2.75, 3.05) is 20.2 Å². The molecule has 3 rings (SSSR count). The monoisotopic (exact) mass is 368 g/mol. The standard InChI is InChI=1S/C23H32N2O2/c1-5-27-21-13-11-20(12-14-21)25-17(2)15-22(18(25)3)23(26)16-24(4)19-9-7-6-8-10-19/h11-15,19H,5-10,16H2,1-4H3. The van der Waals surface area contributed by atoms with Crippen molar-refractivity contribution in [3.8, 4) is 11.4 Å². The van der Waals surface area contributed by atoms with Crippen molar-refractivity contribution in [1.29, 1.82) is 0 Å². The first-order chi connectivity index (χ1) is 13.0. The van der Waals surface area contributed by atoms with Crippen LogP contribution in [0.15, 0.2) is 30.3 Å². The Bertz CT molecular complexity index is 770. The molecule has 0 saturated heterocycles. The maximum atomic E-state index is 13.0. The van der Waals surface area contributed by atoms with Gasteiger partial charge in [0.15, 0.2) is 5.78 Å². The Kier molecular flexibility index (Phi) is 6.38. The molecule has 4 heteroatoms. The van der Waals surface area contributed by atoms with Crippen LogP contribution in [0.3, 0.4) is 0 Å². The van der Waals surface area contributed by atoms with Gasteiger partial charge in [0.1, 0.15) is 5.75 Å². The molecule has 0 radical (unpaired) electrons. The maximum absolute atomic E-state index is 13.0. The van der Waals surface area contributed by atoms with Gasteiger partial charge in [0, 0.05) is 28.7 Å². The van der Waals surface area contributed by atoms with E-state index in [0.29, 0.717) is 19.2 Å². The third-order valence-corrected chi connectivity index (χ3v) is 5.73. The number of likely N-dealkylation sites (N-methyl/N-ethyl adjacent to an activating group) is 1. The molecule has 4 nitrogen and oxygen atoms in total. The van der Waals surface area contributed by atoms with Crippen LogP contribution in [0.1, 0.15) is 60.8 Å². The van der Waals surface area contributed by atoms with Gasteiger partial charge in [0.25, 0.3) is 0 Å². The summed E-state index contributed by atoms with van der Waals surface area (Å²) in [4.78, 5) is 15.2. The van der Waals surface area contributed by atoms with Crippen LogP contribution >= 0.6 is 0 Å². The number of hydrogen-bond donors (Lipinski definition) is 0. The number of aryl methyl sites for hydroxylation is 1. The van der Waals surface area contributed by atoms with Crippen LogP contribution in [0.4, 0.5) is 0 Å². The Balaban J connectivity index is 1.77. The second kappa shape index (κ2) is 8.75. The van der Waals surface area contributed by atoms with Crippen molar-refractivity contribution < 1.29 is 9.53 Å². The molecule has 1 aliphatic carbocycles. The van der Waals surface area contributed by atoms with Gasteiger partial charge in [-0.15, -0.1) is 0 Å². The number of benzene rings is 1. The Hall–Kier alpha value is -2.07. The van der Waals surface area contributed by atoms with Gasteiger partial charge in [0.2, 0.25) is 0 Å². The van der Waals surface area contributed by atoms with Crippen molar-refractivity contribution in [3.05, 3.63) is 47.3 Å². The normalized spacial score (nSPS) is 15.3. The summed E-state index contributed by atoms with van der Waals surface area (Å²) in [5.74, 6) is 1.09. The van der Waals surface area contributed by atoms with E-state index in [0.717, 1.165) is 28.4 Å². The fourth-order valence-electron chi connectivity index (χ4n) is 4.26. The number of carbonyl (C=O) groups is 1. The minimum atomic E-state index is 0.216. The molecule has 146 valence electrons. The quantitative estimate of drug-likeness (QED) is 0.649. The van der Waals surface area contributed by atoms with E-state index < -0.39 is 0 Å². The molecular weight excluding hydrogens is 336 g/mol. The maximum Gasteiger partial charge on any atom is 0.178 e. The van der Waals surface area contributed by atoms with Gasteiger partial charge >= 0.3 is 0 Å². The molecule has 0 bridgehead atoms. The van der Waals surface area contributed by atoms with Gasteiger partial charge in [-0.25, -0.2) is 0 Å². The zero-order chi connectivity index (χ0) is 19.4. The van der Waals surface area contributed by atoms with E-state index in [2.05, 4.69) is 23.4 Å². The third-order valence-electron chi connectivity index (χ3n) is 5.73. The van der Waals surface area contributed by atoms with Crippen LogP contribution in [0.5, 0.6) is 5.75 Å². The van der Waals surface area contributed by atoms with Crippen LogP contribution < -0.4 is 4.74 Å². The number of ketones is 1. The molecular formula is C23H32N2O2. The molecule has 1 aromatic carbocycles. The van der Waals surface area contributed by atoms with Crippen molar-refractivity contribution >= 4 is 5.78 Å². The predicted octanol–water partition coefficient (Wildman–Crippen LogP) is 4.94. The molecule has 0 amide bonds. The highest BCUT2D eigenvalue weighted by Gasteiger charge is 2.23. The molecule has 0 unspecified atom stereocenters. The lowest BCUT2D eigenvalue weighted by molar-refractivity contribution is 0.0899. The topological polar surface area (TPSA) is 34.5 Å². The van der Waals surface area contributed by atoms with Gasteiger partial charge < -0.3 is 9.30 Å². The molecule has 1 saturated carbocycles. The van der Waals surface area contributed by atoms with Gasteiger partial charge in [-0.05, 0) is 71.0 Å². The second-order valence-corrected chi connectivity index (χ2v) is 7.68. The molecule has 0 N–H and O–H groups in total. The highest BCUT2D eigenvalue weighted by atomic mass is 16.5. The van der Waals surface area contributed by atoms with Gasteiger partial charge in [-0.2, -0.15) is 0 Å². The molecule has 1 heterocycles. The van der Waals surface area contributed by atoms with Gasteiger partial charge in [0.05, 0.1) is 13.2 Å². The van der Waals surface area contributed by atoms with Gasteiger partial charge in [-0.1, -0.05) is 19.3 Å². The fraction of sp³-hybridized carbons (Fsp3) is 0.522. The number of carbonyl (C=O) groups excluding carboxylic acids is 1. The average Bonchev–Trinajstić information content (AvgIpc) is 2.98. The molecule has 27 heavy (non-hydrogen) atoms. The molecule has 2 aromatic rings. The number of aromatic nitrogens is 1. The zero-order valence-electron chi connectivity index (χ0n) is 17.1. The molecule has 0 spiro atoms. The van der Waals surface area contributed by atoms with E-state index in [1.807, 2.05) is 44.2 Å². The summed E-state index contributed by atoms with van der Waals surface area (Å²) < 4.78 is 7.69. The highest BCUT2D eigenvalue weighted by molar-refractivity contribution is 5.99. The average molecular weight is 369 g/mol. The summed E-state index contributed by atoms with van der Waals surface area (Å²) in [6.07, 6.45) is 6.34. The van der Waals surface area contributed by atoms with E-state index in [1.54, 1.807) is 0 Å². The van der Waals surface area contributed by atoms with E-state index in [1.165, 1.54) is 32.1 Å². The van der Waals surface area contributed by atoms with E-state index in [-0.39, 0.29) is 5.78 Å². The van der Waals surface area contributed by atoms with Crippen molar-refractivity contribution in [1.82, 2.24) is 9.47 Å². The smallest absolute Gasteiger partial charge is 0.178 e. The fourth-order valence-corrected chi connectivity index (χ4v) is 4.26. The lowest BCUT2D eigenvalue weighted by Crippen LogP contribution is -2.37. The second-order valence-electron chi connectivity index (χ2n) is 7.68. The summed E-state index contributed by atoms with van der Waals surface area (Å²) in [6.45, 7) is 7.24. The molecule has 1 aromatic heterocycles. The van der Waals surface area contributed by atoms with Crippen molar-refractivity contribution in [2.24, 2.45) is 0 Å². The lowest BCUT2D eigenvalue weighted by atomic mass is 9.94. The van der Waals surface area contributed by atoms with Crippen LogP contribution in [-0.4, -0.2) is 41.5 Å². The van der Waals surface area contributed by atoms with Crippen molar-refractivity contribution in [3.63, 3.8) is 0 Å². The largest absolute Gasteiger partial charge is 0.494 e. The number of hydrogen-bond acceptors (Lipinski definition) is 3. The number of ether oxygens (including phenoxy) is 1. The minimum absolute atomic E-state index is 0.216. The Morgan fingerprint density at radius 3 is 2.44 bits per heavy atom. The molecule has 1 aliphatic rings. The summed E-state index contributed by atoms with van der Waals surface area (Å²) in [5.41, 5.74) is 4.00. The lowest BCUT2D eigenvalue weighted by Gasteiger charge is -2.30. The van der Waals surface area contributed by atoms with Crippen LogP contribution in [0.25, 0.3) is 5.69 Å². The third kappa shape index (κ3) is 4.44. The molecule has 1 fully saturated rings. The summed E-state index contributed by atoms with van der Waals surface area (Å²) >= 11 is 0. The zero-order valence-corrected chi connectivity index (χ0v) is 17.1. The van der Waals surface area contributed by atoms with E-state index >= 15 is 0 Å². The summed E-state index contributed by atoms with van der Waals surface area (Å²) in [7, 11) is 2.10. The number of rotatable bonds is 7. The first-order valence-corrected chi connectivity index (χ1v) is 10.2. The predicted molar refractivity (Wildman–Crippen MR) is 110 cm³/mol. The van der Waals surface area contributed by atoms with E-state index in [4.69, 9.17) is 4.74 Å². The molecule has 0 atom stereocenters. The van der Waals surface area contributed by atoms with Crippen molar-refractivity contribution in [2.45, 2.75) is 58.9 Å². The first kappa shape index (κ1) is 19.7. The summed E-state index contributed by atoms with van der Waals surface area (Å²) in [6, 6.07) is 10.6. The minimum Gasteiger partial charge on any atom is -0.494 e. The Morgan fingerprint density at radius 2 is 1.81 bits per heavy atom. The van der Waals surface area contributed by atoms with Crippen LogP contribution in [-0.2, 0) is 0 Å². The van der Waals surface area contributed by atoms with Crippen LogP contribution in [0, 0.1) is 13.8 Å². The van der Waals surface area contributed by atoms with Gasteiger partial charge in [-0.3, -0.25) is 9.69 Å². The highest BCUT2D eigenvalue weighted by Crippen LogP contribution is 2.25. The Labute approximate surface area is 163 Å². The first-order valence-electron chi connectivity index (χ1n) is 10.2. The summed E-state index contributed by atoms with van der Waals surface area (Å²) in [5, 5.41) is 0.